The standard InChI is InChI=1S/C10H11N3O3S/c14-8-1-3-9(4-2-8)17(15,16)13-7-10-11-5-6-12-10/h1-6,13-14H,7H2,(H,11,12). The van der Waals surface area contributed by atoms with Gasteiger partial charge in [-0.1, -0.05) is 0 Å². The van der Waals surface area contributed by atoms with E-state index in [4.69, 9.17) is 5.11 Å². The van der Waals surface area contributed by atoms with Crippen molar-refractivity contribution in [3.8, 4) is 5.75 Å². The van der Waals surface area contributed by atoms with Gasteiger partial charge in [0.1, 0.15) is 11.6 Å². The highest BCUT2D eigenvalue weighted by Gasteiger charge is 2.13. The molecule has 0 spiro atoms. The second kappa shape index (κ2) is 4.56. The Kier molecular flexibility index (Phi) is 3.12. The molecule has 2 aromatic rings. The Labute approximate surface area is 98.4 Å². The van der Waals surface area contributed by atoms with Crippen LogP contribution in [0.2, 0.25) is 0 Å². The van der Waals surface area contributed by atoms with Crippen molar-refractivity contribution < 1.29 is 13.5 Å². The van der Waals surface area contributed by atoms with Gasteiger partial charge in [0.15, 0.2) is 0 Å². The Bertz CT molecular complexity index is 576. The normalized spacial score (nSPS) is 11.5. The molecule has 0 aliphatic heterocycles. The number of imidazole rings is 1. The first-order valence-electron chi connectivity index (χ1n) is 4.85. The van der Waals surface area contributed by atoms with Crippen LogP contribution >= 0.6 is 0 Å². The summed E-state index contributed by atoms with van der Waals surface area (Å²) in [5.41, 5.74) is 0. The van der Waals surface area contributed by atoms with Crippen LogP contribution in [0.3, 0.4) is 0 Å². The molecular formula is C10H11N3O3S. The molecule has 0 bridgehead atoms. The molecule has 1 aromatic heterocycles. The molecular weight excluding hydrogens is 242 g/mol. The number of aromatic amines is 1. The molecule has 0 amide bonds. The van der Waals surface area contributed by atoms with Gasteiger partial charge in [0.05, 0.1) is 11.4 Å². The molecule has 6 nitrogen and oxygen atoms in total. The smallest absolute Gasteiger partial charge is 0.240 e. The number of hydrogen-bond acceptors (Lipinski definition) is 4. The van der Waals surface area contributed by atoms with Crippen LogP contribution in [0.1, 0.15) is 5.82 Å². The van der Waals surface area contributed by atoms with Crippen LogP contribution in [0.25, 0.3) is 0 Å². The first-order chi connectivity index (χ1) is 8.08. The molecule has 0 saturated heterocycles. The van der Waals surface area contributed by atoms with E-state index < -0.39 is 10.0 Å². The molecule has 0 saturated carbocycles. The van der Waals surface area contributed by atoms with Crippen LogP contribution < -0.4 is 4.72 Å². The van der Waals surface area contributed by atoms with Gasteiger partial charge in [0, 0.05) is 12.4 Å². The SMILES string of the molecule is O=S(=O)(NCc1ncc[nH]1)c1ccc(O)cc1. The quantitative estimate of drug-likeness (QED) is 0.743. The number of phenols is 1. The predicted molar refractivity (Wildman–Crippen MR) is 60.7 cm³/mol. The van der Waals surface area contributed by atoms with Crippen LogP contribution in [0, 0.1) is 0 Å². The number of aromatic nitrogens is 2. The summed E-state index contributed by atoms with van der Waals surface area (Å²) in [4.78, 5) is 6.80. The second-order valence-corrected chi connectivity index (χ2v) is 5.12. The fourth-order valence-corrected chi connectivity index (χ4v) is 2.25. The number of phenolic OH excluding ortho intramolecular Hbond substituents is 1. The van der Waals surface area contributed by atoms with Crippen LogP contribution in [-0.4, -0.2) is 23.5 Å². The fraction of sp³-hybridized carbons (Fsp3) is 0.100. The van der Waals surface area contributed by atoms with E-state index >= 15 is 0 Å². The van der Waals surface area contributed by atoms with E-state index in [9.17, 15) is 8.42 Å². The zero-order valence-electron chi connectivity index (χ0n) is 8.79. The largest absolute Gasteiger partial charge is 0.508 e. The van der Waals surface area contributed by atoms with Gasteiger partial charge < -0.3 is 10.1 Å². The van der Waals surface area contributed by atoms with Gasteiger partial charge in [-0.3, -0.25) is 0 Å². The van der Waals surface area contributed by atoms with Crippen molar-refractivity contribution in [2.75, 3.05) is 0 Å². The highest BCUT2D eigenvalue weighted by Crippen LogP contribution is 2.14. The molecule has 3 N–H and O–H groups in total. The van der Waals surface area contributed by atoms with E-state index in [2.05, 4.69) is 14.7 Å². The van der Waals surface area contributed by atoms with E-state index in [1.807, 2.05) is 0 Å². The first kappa shape index (κ1) is 11.6. The molecule has 0 aliphatic rings. The van der Waals surface area contributed by atoms with Crippen molar-refractivity contribution in [2.24, 2.45) is 0 Å². The minimum absolute atomic E-state index is 0.0231. The van der Waals surface area contributed by atoms with Crippen LogP contribution in [0.5, 0.6) is 5.75 Å². The zero-order chi connectivity index (χ0) is 12.3. The summed E-state index contributed by atoms with van der Waals surface area (Å²) in [6.07, 6.45) is 3.16. The maximum absolute atomic E-state index is 11.8. The lowest BCUT2D eigenvalue weighted by atomic mass is 10.3. The summed E-state index contributed by atoms with van der Waals surface area (Å²) in [5.74, 6) is 0.558. The third kappa shape index (κ3) is 2.83. The number of nitrogens with one attached hydrogen (secondary N) is 2. The monoisotopic (exact) mass is 253 g/mol. The minimum Gasteiger partial charge on any atom is -0.508 e. The van der Waals surface area contributed by atoms with E-state index in [0.29, 0.717) is 5.82 Å². The van der Waals surface area contributed by atoms with E-state index in [-0.39, 0.29) is 17.2 Å². The highest BCUT2D eigenvalue weighted by molar-refractivity contribution is 7.89. The Hall–Kier alpha value is -1.86. The molecule has 0 fully saturated rings. The van der Waals surface area contributed by atoms with E-state index in [1.165, 1.54) is 24.3 Å². The number of H-pyrrole nitrogens is 1. The molecule has 7 heteroatoms. The number of sulfonamides is 1. The van der Waals surface area contributed by atoms with Crippen LogP contribution in [0.4, 0.5) is 0 Å². The molecule has 0 aliphatic carbocycles. The molecule has 17 heavy (non-hydrogen) atoms. The van der Waals surface area contributed by atoms with Crippen molar-refractivity contribution in [3.05, 3.63) is 42.5 Å². The topological polar surface area (TPSA) is 95.1 Å². The Morgan fingerprint density at radius 2 is 2.00 bits per heavy atom. The van der Waals surface area contributed by atoms with Crippen molar-refractivity contribution in [3.63, 3.8) is 0 Å². The Balaban J connectivity index is 2.11. The predicted octanol–water partition coefficient (Wildman–Crippen LogP) is 0.594. The van der Waals surface area contributed by atoms with E-state index in [1.54, 1.807) is 12.4 Å². The second-order valence-electron chi connectivity index (χ2n) is 3.35. The number of hydrogen-bond donors (Lipinski definition) is 3. The van der Waals surface area contributed by atoms with Gasteiger partial charge in [0.25, 0.3) is 0 Å². The van der Waals surface area contributed by atoms with Crippen LogP contribution in [0.15, 0.2) is 41.6 Å². The molecule has 90 valence electrons. The summed E-state index contributed by atoms with van der Waals surface area (Å²) >= 11 is 0. The molecule has 2 rings (SSSR count). The van der Waals surface area contributed by atoms with Gasteiger partial charge in [-0.15, -0.1) is 0 Å². The lowest BCUT2D eigenvalue weighted by molar-refractivity contribution is 0.474. The van der Waals surface area contributed by atoms with Gasteiger partial charge in [-0.05, 0) is 24.3 Å². The summed E-state index contributed by atoms with van der Waals surface area (Å²) < 4.78 is 26.0. The lowest BCUT2D eigenvalue weighted by Crippen LogP contribution is -2.23. The van der Waals surface area contributed by atoms with E-state index in [0.717, 1.165) is 0 Å². The fourth-order valence-electron chi connectivity index (χ4n) is 1.27. The molecule has 0 unspecified atom stereocenters. The van der Waals surface area contributed by atoms with Gasteiger partial charge in [-0.25, -0.2) is 18.1 Å². The molecule has 0 radical (unpaired) electrons. The average Bonchev–Trinajstić information content (AvgIpc) is 2.80. The minimum atomic E-state index is -3.57. The number of rotatable bonds is 4. The maximum Gasteiger partial charge on any atom is 0.240 e. The van der Waals surface area contributed by atoms with Gasteiger partial charge >= 0.3 is 0 Å². The summed E-state index contributed by atoms with van der Waals surface area (Å²) in [5, 5.41) is 9.07. The zero-order valence-corrected chi connectivity index (χ0v) is 9.61. The number of benzene rings is 1. The van der Waals surface area contributed by atoms with Crippen molar-refractivity contribution in [1.29, 1.82) is 0 Å². The van der Waals surface area contributed by atoms with Gasteiger partial charge in [0.2, 0.25) is 10.0 Å². The Morgan fingerprint density at radius 3 is 2.59 bits per heavy atom. The third-order valence-electron chi connectivity index (χ3n) is 2.13. The summed E-state index contributed by atoms with van der Waals surface area (Å²) in [6, 6.07) is 5.31. The molecule has 1 heterocycles. The van der Waals surface area contributed by atoms with Crippen molar-refractivity contribution >= 4 is 10.0 Å². The van der Waals surface area contributed by atoms with Crippen molar-refractivity contribution in [1.82, 2.24) is 14.7 Å². The van der Waals surface area contributed by atoms with Crippen molar-refractivity contribution in [2.45, 2.75) is 11.4 Å². The summed E-state index contributed by atoms with van der Waals surface area (Å²) in [6.45, 7) is 0.0935. The molecule has 1 aromatic carbocycles. The van der Waals surface area contributed by atoms with Crippen LogP contribution in [-0.2, 0) is 16.6 Å². The maximum atomic E-state index is 11.8. The lowest BCUT2D eigenvalue weighted by Gasteiger charge is -2.05. The Morgan fingerprint density at radius 1 is 1.29 bits per heavy atom. The number of nitrogens with zero attached hydrogens (tertiary/aromatic N) is 1. The summed E-state index contributed by atoms with van der Waals surface area (Å²) in [7, 11) is -3.57. The third-order valence-corrected chi connectivity index (χ3v) is 3.55. The average molecular weight is 253 g/mol. The number of aromatic hydroxyl groups is 1. The highest BCUT2D eigenvalue weighted by atomic mass is 32.2. The van der Waals surface area contributed by atoms with Gasteiger partial charge in [-0.2, -0.15) is 0 Å². The molecule has 0 atom stereocenters. The first-order valence-corrected chi connectivity index (χ1v) is 6.33.